The number of nitrogens with zero attached hydrogens (tertiary/aromatic N) is 2. The Bertz CT molecular complexity index is 537. The first-order valence-electron chi connectivity index (χ1n) is 5.85. The van der Waals surface area contributed by atoms with Gasteiger partial charge in [-0.2, -0.15) is 0 Å². The zero-order chi connectivity index (χ0) is 13.1. The van der Waals surface area contributed by atoms with Crippen LogP contribution in [0.15, 0.2) is 30.6 Å². The molecule has 0 amide bonds. The third kappa shape index (κ3) is 3.06. The van der Waals surface area contributed by atoms with Crippen LogP contribution in [0.4, 0.5) is 0 Å². The third-order valence-corrected chi connectivity index (χ3v) is 3.18. The monoisotopic (exact) mass is 261 g/mol. The van der Waals surface area contributed by atoms with E-state index >= 15 is 0 Å². The minimum absolute atomic E-state index is 0.182. The lowest BCUT2D eigenvalue weighted by molar-refractivity contribution is 0.689. The predicted molar refractivity (Wildman–Crippen MR) is 73.6 cm³/mol. The van der Waals surface area contributed by atoms with Crippen LogP contribution in [0.3, 0.4) is 0 Å². The average Bonchev–Trinajstić information content (AvgIpc) is 2.33. The van der Waals surface area contributed by atoms with E-state index in [0.29, 0.717) is 6.42 Å². The summed E-state index contributed by atoms with van der Waals surface area (Å²) >= 11 is 6.19. The van der Waals surface area contributed by atoms with Crippen LogP contribution >= 0.6 is 11.6 Å². The highest BCUT2D eigenvalue weighted by atomic mass is 35.5. The van der Waals surface area contributed by atoms with Crippen molar-refractivity contribution in [3.63, 3.8) is 0 Å². The first-order chi connectivity index (χ1) is 8.56. The van der Waals surface area contributed by atoms with Crippen molar-refractivity contribution in [1.82, 2.24) is 9.97 Å². The summed E-state index contributed by atoms with van der Waals surface area (Å²) in [5.41, 5.74) is 9.99. The molecule has 3 nitrogen and oxygen atoms in total. The van der Waals surface area contributed by atoms with E-state index in [2.05, 4.69) is 9.97 Å². The summed E-state index contributed by atoms with van der Waals surface area (Å²) in [6.45, 7) is 3.92. The van der Waals surface area contributed by atoms with Gasteiger partial charge < -0.3 is 5.73 Å². The van der Waals surface area contributed by atoms with Gasteiger partial charge in [0.15, 0.2) is 0 Å². The highest BCUT2D eigenvalue weighted by Gasteiger charge is 2.11. The molecular formula is C14H16ClN3. The maximum atomic E-state index is 6.19. The van der Waals surface area contributed by atoms with E-state index < -0.39 is 0 Å². The fraction of sp³-hybridized carbons (Fsp3) is 0.286. The minimum atomic E-state index is -0.182. The van der Waals surface area contributed by atoms with Crippen LogP contribution in [0.2, 0.25) is 5.02 Å². The van der Waals surface area contributed by atoms with Crippen LogP contribution in [-0.2, 0) is 6.42 Å². The second kappa shape index (κ2) is 5.46. The number of hydrogen-bond acceptors (Lipinski definition) is 3. The Balaban J connectivity index is 2.15. The largest absolute Gasteiger partial charge is 0.322 e. The molecule has 0 aliphatic rings. The Labute approximate surface area is 112 Å². The molecule has 0 aliphatic heterocycles. The minimum Gasteiger partial charge on any atom is -0.322 e. The average molecular weight is 262 g/mol. The van der Waals surface area contributed by atoms with Crippen molar-refractivity contribution in [3.8, 4) is 0 Å². The van der Waals surface area contributed by atoms with Gasteiger partial charge in [-0.3, -0.25) is 9.97 Å². The van der Waals surface area contributed by atoms with Crippen molar-refractivity contribution in [2.75, 3.05) is 0 Å². The molecule has 0 radical (unpaired) electrons. The maximum Gasteiger partial charge on any atom is 0.0757 e. The smallest absolute Gasteiger partial charge is 0.0757 e. The van der Waals surface area contributed by atoms with Gasteiger partial charge in [-0.1, -0.05) is 23.7 Å². The molecule has 1 unspecified atom stereocenters. The normalized spacial score (nSPS) is 12.4. The zero-order valence-corrected chi connectivity index (χ0v) is 11.3. The second-order valence-electron chi connectivity index (χ2n) is 4.49. The molecule has 18 heavy (non-hydrogen) atoms. The standard InChI is InChI=1S/C14H16ClN3/c1-9-3-4-11(12(15)5-9)6-13(16)14-8-17-10(2)7-18-14/h3-5,7-8,13H,6,16H2,1-2H3. The topological polar surface area (TPSA) is 51.8 Å². The van der Waals surface area contributed by atoms with Gasteiger partial charge in [-0.25, -0.2) is 0 Å². The van der Waals surface area contributed by atoms with Gasteiger partial charge in [0.25, 0.3) is 0 Å². The summed E-state index contributed by atoms with van der Waals surface area (Å²) in [5.74, 6) is 0. The molecule has 1 atom stereocenters. The van der Waals surface area contributed by atoms with Crippen LogP contribution in [0.25, 0.3) is 0 Å². The Kier molecular flexibility index (Phi) is 3.94. The Morgan fingerprint density at radius 3 is 2.61 bits per heavy atom. The van der Waals surface area contributed by atoms with Crippen LogP contribution in [0, 0.1) is 13.8 Å². The molecule has 4 heteroatoms. The number of halogens is 1. The molecule has 2 rings (SSSR count). The van der Waals surface area contributed by atoms with Crippen molar-refractivity contribution in [3.05, 3.63) is 58.1 Å². The molecule has 0 saturated heterocycles. The predicted octanol–water partition coefficient (Wildman–Crippen LogP) is 2.99. The van der Waals surface area contributed by atoms with Crippen molar-refractivity contribution in [2.24, 2.45) is 5.73 Å². The zero-order valence-electron chi connectivity index (χ0n) is 10.5. The number of rotatable bonds is 3. The molecule has 0 bridgehead atoms. The second-order valence-corrected chi connectivity index (χ2v) is 4.90. The Hall–Kier alpha value is -1.45. The van der Waals surface area contributed by atoms with E-state index in [1.807, 2.05) is 32.0 Å². The number of aryl methyl sites for hydroxylation is 2. The SMILES string of the molecule is Cc1ccc(CC(N)c2cnc(C)cn2)c(Cl)c1. The summed E-state index contributed by atoms with van der Waals surface area (Å²) < 4.78 is 0. The van der Waals surface area contributed by atoms with Gasteiger partial charge in [0, 0.05) is 11.2 Å². The van der Waals surface area contributed by atoms with Crippen LogP contribution in [0.1, 0.15) is 28.6 Å². The lowest BCUT2D eigenvalue weighted by Crippen LogP contribution is -2.15. The first-order valence-corrected chi connectivity index (χ1v) is 6.23. The number of hydrogen-bond donors (Lipinski definition) is 1. The van der Waals surface area contributed by atoms with Crippen molar-refractivity contribution < 1.29 is 0 Å². The lowest BCUT2D eigenvalue weighted by Gasteiger charge is -2.12. The molecule has 2 N–H and O–H groups in total. The number of benzene rings is 1. The summed E-state index contributed by atoms with van der Waals surface area (Å²) in [7, 11) is 0. The molecule has 0 fully saturated rings. The van der Waals surface area contributed by atoms with Gasteiger partial charge in [-0.15, -0.1) is 0 Å². The lowest BCUT2D eigenvalue weighted by atomic mass is 10.0. The third-order valence-electron chi connectivity index (χ3n) is 2.83. The molecule has 94 valence electrons. The first kappa shape index (κ1) is 13.0. The van der Waals surface area contributed by atoms with E-state index in [0.717, 1.165) is 27.5 Å². The molecule has 1 heterocycles. The molecule has 1 aromatic heterocycles. The van der Waals surface area contributed by atoms with Crippen molar-refractivity contribution in [2.45, 2.75) is 26.3 Å². The van der Waals surface area contributed by atoms with Crippen LogP contribution < -0.4 is 5.73 Å². The number of aromatic nitrogens is 2. The van der Waals surface area contributed by atoms with Gasteiger partial charge in [0.05, 0.1) is 23.6 Å². The van der Waals surface area contributed by atoms with Gasteiger partial charge in [0.2, 0.25) is 0 Å². The summed E-state index contributed by atoms with van der Waals surface area (Å²) in [6.07, 6.45) is 4.12. The summed E-state index contributed by atoms with van der Waals surface area (Å²) in [4.78, 5) is 8.49. The van der Waals surface area contributed by atoms with Crippen LogP contribution in [-0.4, -0.2) is 9.97 Å². The quantitative estimate of drug-likeness (QED) is 0.924. The van der Waals surface area contributed by atoms with E-state index in [4.69, 9.17) is 17.3 Å². The summed E-state index contributed by atoms with van der Waals surface area (Å²) in [5, 5.41) is 0.755. The Morgan fingerprint density at radius 1 is 1.22 bits per heavy atom. The molecule has 1 aromatic carbocycles. The van der Waals surface area contributed by atoms with E-state index in [-0.39, 0.29) is 6.04 Å². The Morgan fingerprint density at radius 2 is 2.00 bits per heavy atom. The molecule has 0 spiro atoms. The van der Waals surface area contributed by atoms with Crippen molar-refractivity contribution >= 4 is 11.6 Å². The van der Waals surface area contributed by atoms with Gasteiger partial charge in [-0.05, 0) is 37.5 Å². The fourth-order valence-corrected chi connectivity index (χ4v) is 2.07. The summed E-state index contributed by atoms with van der Waals surface area (Å²) in [6, 6.07) is 5.82. The molecular weight excluding hydrogens is 246 g/mol. The van der Waals surface area contributed by atoms with Crippen molar-refractivity contribution in [1.29, 1.82) is 0 Å². The molecule has 0 saturated carbocycles. The molecule has 2 aromatic rings. The van der Waals surface area contributed by atoms with E-state index in [1.54, 1.807) is 12.4 Å². The highest BCUT2D eigenvalue weighted by Crippen LogP contribution is 2.22. The maximum absolute atomic E-state index is 6.19. The molecule has 0 aliphatic carbocycles. The number of nitrogens with two attached hydrogens (primary N) is 1. The van der Waals surface area contributed by atoms with Gasteiger partial charge >= 0.3 is 0 Å². The van der Waals surface area contributed by atoms with Crippen LogP contribution in [0.5, 0.6) is 0 Å². The van der Waals surface area contributed by atoms with E-state index in [1.165, 1.54) is 0 Å². The van der Waals surface area contributed by atoms with E-state index in [9.17, 15) is 0 Å². The van der Waals surface area contributed by atoms with Gasteiger partial charge in [0.1, 0.15) is 0 Å². The fourth-order valence-electron chi connectivity index (χ4n) is 1.75. The highest BCUT2D eigenvalue weighted by molar-refractivity contribution is 6.31.